The molecule has 0 saturated carbocycles. The summed E-state index contributed by atoms with van der Waals surface area (Å²) < 4.78 is 57.5. The van der Waals surface area contributed by atoms with Crippen molar-refractivity contribution in [1.82, 2.24) is 0 Å². The molecule has 5 nitrogen and oxygen atoms in total. The van der Waals surface area contributed by atoms with Crippen molar-refractivity contribution < 1.29 is 27.2 Å². The molecule has 0 aliphatic carbocycles. The van der Waals surface area contributed by atoms with Crippen molar-refractivity contribution in [2.24, 2.45) is 0 Å². The molecule has 0 N–H and O–H groups in total. The molecule has 1 saturated heterocycles. The van der Waals surface area contributed by atoms with Crippen molar-refractivity contribution >= 4 is 11.4 Å². The maximum Gasteiger partial charge on any atom is 0.433 e. The number of rotatable bonds is 3. The molecule has 9 heteroatoms. The zero-order valence-corrected chi connectivity index (χ0v) is 10.9. The van der Waals surface area contributed by atoms with E-state index in [-0.39, 0.29) is 12.3 Å². The first-order valence-corrected chi connectivity index (χ1v) is 6.16. The summed E-state index contributed by atoms with van der Waals surface area (Å²) in [6, 6.07) is 1.90. The second kappa shape index (κ2) is 5.47. The van der Waals surface area contributed by atoms with Crippen LogP contribution in [-0.2, 0) is 4.74 Å². The van der Waals surface area contributed by atoms with Crippen LogP contribution in [0.5, 0.6) is 0 Å². The summed E-state index contributed by atoms with van der Waals surface area (Å²) in [5.41, 5.74) is -0.875. The molecule has 1 aliphatic heterocycles. The molecular weight excluding hydrogens is 296 g/mol. The lowest BCUT2D eigenvalue weighted by atomic mass is 10.1. The number of nitrogens with zero attached hydrogens (tertiary/aromatic N) is 2. The zero-order chi connectivity index (χ0) is 15.8. The summed E-state index contributed by atoms with van der Waals surface area (Å²) in [5.74, 6) is -1.08. The van der Waals surface area contributed by atoms with Gasteiger partial charge in [0.1, 0.15) is 0 Å². The van der Waals surface area contributed by atoms with E-state index in [4.69, 9.17) is 4.74 Å². The molecule has 0 aromatic heterocycles. The summed E-state index contributed by atoms with van der Waals surface area (Å²) in [5, 5.41) is 10.6. The van der Waals surface area contributed by atoms with Crippen LogP contribution in [0.15, 0.2) is 18.2 Å². The normalized spacial score (nSPS) is 22.6. The molecule has 1 heterocycles. The lowest BCUT2D eigenvalue weighted by Crippen LogP contribution is -2.46. The predicted octanol–water partition coefficient (Wildman–Crippen LogP) is 3.24. The van der Waals surface area contributed by atoms with Gasteiger partial charge in [0.05, 0.1) is 29.3 Å². The fraction of sp³-hybridized carbons (Fsp3) is 0.500. The molecule has 0 amide bonds. The number of non-ortho nitro benzene ring substituents is 1. The Bertz CT molecular complexity index is 550. The maximum atomic E-state index is 14.0. The number of hydrogen-bond donors (Lipinski definition) is 0. The first kappa shape index (κ1) is 15.5. The number of benzene rings is 1. The van der Waals surface area contributed by atoms with Gasteiger partial charge in [0.25, 0.3) is 5.69 Å². The first-order chi connectivity index (χ1) is 9.75. The average molecular weight is 308 g/mol. The molecule has 0 bridgehead atoms. The van der Waals surface area contributed by atoms with Crippen molar-refractivity contribution in [1.29, 1.82) is 0 Å². The third-order valence-corrected chi connectivity index (χ3v) is 3.26. The number of anilines is 1. The summed E-state index contributed by atoms with van der Waals surface area (Å²) in [7, 11) is 0. The highest BCUT2D eigenvalue weighted by atomic mass is 19.4. The third kappa shape index (κ3) is 2.92. The summed E-state index contributed by atoms with van der Waals surface area (Å²) in [6.07, 6.45) is -6.61. The van der Waals surface area contributed by atoms with Crippen LogP contribution in [0.4, 0.5) is 28.9 Å². The largest absolute Gasteiger partial charge is 0.433 e. The number of nitro benzene ring substituents is 1. The predicted molar refractivity (Wildman–Crippen MR) is 65.4 cm³/mol. The number of hydrogen-bond acceptors (Lipinski definition) is 4. The SMILES string of the molecule is CC[C@@H]1CO[C@H](C(F)(F)F)N1c1ccc([N+](=O)[O-])cc1F. The number of ether oxygens (including phenoxy) is 1. The van der Waals surface area contributed by atoms with E-state index in [1.54, 1.807) is 6.92 Å². The lowest BCUT2D eigenvalue weighted by Gasteiger charge is -2.31. The molecule has 1 aromatic carbocycles. The second-order valence-corrected chi connectivity index (χ2v) is 4.59. The topological polar surface area (TPSA) is 55.6 Å². The fourth-order valence-electron chi connectivity index (χ4n) is 2.26. The molecule has 1 fully saturated rings. The minimum Gasteiger partial charge on any atom is -0.348 e. The Morgan fingerprint density at radius 1 is 1.48 bits per heavy atom. The highest BCUT2D eigenvalue weighted by Gasteiger charge is 2.51. The molecule has 0 unspecified atom stereocenters. The van der Waals surface area contributed by atoms with Crippen LogP contribution in [0.1, 0.15) is 13.3 Å². The Kier molecular flexibility index (Phi) is 4.04. The molecule has 0 radical (unpaired) electrons. The van der Waals surface area contributed by atoms with Gasteiger partial charge >= 0.3 is 6.18 Å². The molecular formula is C12H12F4N2O3. The molecule has 116 valence electrons. The Labute approximate surface area is 117 Å². The smallest absolute Gasteiger partial charge is 0.348 e. The third-order valence-electron chi connectivity index (χ3n) is 3.26. The fourth-order valence-corrected chi connectivity index (χ4v) is 2.26. The molecule has 0 spiro atoms. The summed E-state index contributed by atoms with van der Waals surface area (Å²) in [6.45, 7) is 1.47. The lowest BCUT2D eigenvalue weighted by molar-refractivity contribution is -0.385. The van der Waals surface area contributed by atoms with Gasteiger partial charge in [-0.3, -0.25) is 10.1 Å². The van der Waals surface area contributed by atoms with Gasteiger partial charge in [-0.15, -0.1) is 0 Å². The van der Waals surface area contributed by atoms with Crippen LogP contribution < -0.4 is 4.90 Å². The molecule has 2 atom stereocenters. The van der Waals surface area contributed by atoms with Crippen molar-refractivity contribution in [3.63, 3.8) is 0 Å². The van der Waals surface area contributed by atoms with E-state index >= 15 is 0 Å². The van der Waals surface area contributed by atoms with Gasteiger partial charge in [-0.05, 0) is 12.5 Å². The highest BCUT2D eigenvalue weighted by Crippen LogP contribution is 2.38. The minimum absolute atomic E-state index is 0.183. The summed E-state index contributed by atoms with van der Waals surface area (Å²) in [4.78, 5) is 10.5. The monoisotopic (exact) mass is 308 g/mol. The van der Waals surface area contributed by atoms with Crippen LogP contribution in [-0.4, -0.2) is 30.0 Å². The summed E-state index contributed by atoms with van der Waals surface area (Å²) >= 11 is 0. The zero-order valence-electron chi connectivity index (χ0n) is 10.9. The first-order valence-electron chi connectivity index (χ1n) is 6.16. The van der Waals surface area contributed by atoms with E-state index in [2.05, 4.69) is 0 Å². The van der Waals surface area contributed by atoms with Gasteiger partial charge < -0.3 is 9.64 Å². The molecule has 1 aliphatic rings. The van der Waals surface area contributed by atoms with Gasteiger partial charge in [0, 0.05) is 6.07 Å². The molecule has 1 aromatic rings. The van der Waals surface area contributed by atoms with Crippen LogP contribution in [0.2, 0.25) is 0 Å². The Balaban J connectivity index is 2.43. The van der Waals surface area contributed by atoms with Crippen molar-refractivity contribution in [3.05, 3.63) is 34.1 Å². The standard InChI is InChI=1S/C12H12F4N2O3/c1-2-7-6-21-11(12(14,15)16)17(7)10-4-3-8(18(19)20)5-9(10)13/h3-5,7,11H,2,6H2,1H3/t7-,11-/m1/s1. The van der Waals surface area contributed by atoms with E-state index < -0.39 is 34.9 Å². The van der Waals surface area contributed by atoms with Gasteiger partial charge in [0.2, 0.25) is 6.23 Å². The Morgan fingerprint density at radius 2 is 2.14 bits per heavy atom. The van der Waals surface area contributed by atoms with Gasteiger partial charge in [-0.1, -0.05) is 6.92 Å². The second-order valence-electron chi connectivity index (χ2n) is 4.59. The quantitative estimate of drug-likeness (QED) is 0.489. The van der Waals surface area contributed by atoms with Crippen molar-refractivity contribution in [2.75, 3.05) is 11.5 Å². The van der Waals surface area contributed by atoms with Gasteiger partial charge in [0.15, 0.2) is 5.82 Å². The van der Waals surface area contributed by atoms with Crippen LogP contribution in [0, 0.1) is 15.9 Å². The van der Waals surface area contributed by atoms with E-state index in [0.717, 1.165) is 17.0 Å². The Morgan fingerprint density at radius 3 is 2.62 bits per heavy atom. The number of halogens is 4. The number of alkyl halides is 3. The highest BCUT2D eigenvalue weighted by molar-refractivity contribution is 5.54. The average Bonchev–Trinajstić information content (AvgIpc) is 2.81. The van der Waals surface area contributed by atoms with E-state index in [9.17, 15) is 27.7 Å². The van der Waals surface area contributed by atoms with E-state index in [1.807, 2.05) is 0 Å². The molecule has 21 heavy (non-hydrogen) atoms. The van der Waals surface area contributed by atoms with Gasteiger partial charge in [-0.2, -0.15) is 13.2 Å². The van der Waals surface area contributed by atoms with Gasteiger partial charge in [-0.25, -0.2) is 4.39 Å². The number of nitro groups is 1. The molecule has 2 rings (SSSR count). The minimum atomic E-state index is -4.68. The van der Waals surface area contributed by atoms with Crippen molar-refractivity contribution in [2.45, 2.75) is 31.8 Å². The van der Waals surface area contributed by atoms with Crippen LogP contribution in [0.3, 0.4) is 0 Å². The van der Waals surface area contributed by atoms with E-state index in [0.29, 0.717) is 12.5 Å². The van der Waals surface area contributed by atoms with Crippen LogP contribution in [0.25, 0.3) is 0 Å². The van der Waals surface area contributed by atoms with Crippen molar-refractivity contribution in [3.8, 4) is 0 Å². The van der Waals surface area contributed by atoms with E-state index in [1.165, 1.54) is 0 Å². The maximum absolute atomic E-state index is 14.0. The van der Waals surface area contributed by atoms with Crippen LogP contribution >= 0.6 is 0 Å². The Hall–Kier alpha value is -1.90.